The van der Waals surface area contributed by atoms with Crippen molar-refractivity contribution < 1.29 is 32.2 Å². The van der Waals surface area contributed by atoms with Crippen LogP contribution in [0.3, 0.4) is 0 Å². The van der Waals surface area contributed by atoms with Gasteiger partial charge in [-0.2, -0.15) is 13.2 Å². The lowest BCUT2D eigenvalue weighted by atomic mass is 10.1. The van der Waals surface area contributed by atoms with Crippen molar-refractivity contribution in [2.75, 3.05) is 13.2 Å². The van der Waals surface area contributed by atoms with Gasteiger partial charge < -0.3 is 9.47 Å². The largest absolute Gasteiger partial charge is 0.466 e. The Morgan fingerprint density at radius 2 is 1.79 bits per heavy atom. The van der Waals surface area contributed by atoms with Gasteiger partial charge in [-0.15, -0.1) is 0 Å². The zero-order valence-electron chi connectivity index (χ0n) is 12.9. The average Bonchev–Trinajstić information content (AvgIpc) is 2.47. The SMILES string of the molecule is CCOC(=O)CC(=Nc1ccc(Br)cc1C(F)(F)F)C(=O)OCC. The number of carbonyl (C=O) groups excluding carboxylic acids is 2. The summed E-state index contributed by atoms with van der Waals surface area (Å²) in [6.45, 7) is 3.16. The number of hydrogen-bond acceptors (Lipinski definition) is 5. The molecule has 0 bridgehead atoms. The molecule has 24 heavy (non-hydrogen) atoms. The Balaban J connectivity index is 3.32. The first-order valence-electron chi connectivity index (χ1n) is 6.96. The van der Waals surface area contributed by atoms with Gasteiger partial charge in [0.15, 0.2) is 0 Å². The summed E-state index contributed by atoms with van der Waals surface area (Å²) in [7, 11) is 0. The molecule has 0 spiro atoms. The highest BCUT2D eigenvalue weighted by Gasteiger charge is 2.34. The molecule has 1 rings (SSSR count). The quantitative estimate of drug-likeness (QED) is 0.524. The molecule has 0 unspecified atom stereocenters. The Morgan fingerprint density at radius 3 is 2.33 bits per heavy atom. The summed E-state index contributed by atoms with van der Waals surface area (Å²) in [6.07, 6.45) is -5.26. The fourth-order valence-electron chi connectivity index (χ4n) is 1.70. The van der Waals surface area contributed by atoms with Gasteiger partial charge in [-0.3, -0.25) is 4.79 Å². The van der Waals surface area contributed by atoms with Gasteiger partial charge in [-0.05, 0) is 32.0 Å². The van der Waals surface area contributed by atoms with Crippen molar-refractivity contribution in [3.63, 3.8) is 0 Å². The maximum absolute atomic E-state index is 13.1. The van der Waals surface area contributed by atoms with Crippen molar-refractivity contribution in [3.8, 4) is 0 Å². The maximum Gasteiger partial charge on any atom is 0.418 e. The van der Waals surface area contributed by atoms with Crippen molar-refractivity contribution in [1.82, 2.24) is 0 Å². The van der Waals surface area contributed by atoms with Crippen molar-refractivity contribution >= 4 is 39.3 Å². The van der Waals surface area contributed by atoms with E-state index < -0.39 is 41.5 Å². The molecule has 0 amide bonds. The van der Waals surface area contributed by atoms with Gasteiger partial charge >= 0.3 is 18.1 Å². The standard InChI is InChI=1S/C15H15BrF3NO4/c1-3-23-13(21)8-12(14(22)24-4-2)20-11-6-5-9(16)7-10(11)15(17,18)19/h5-7H,3-4,8H2,1-2H3. The molecule has 0 aliphatic carbocycles. The molecule has 132 valence electrons. The molecule has 0 fully saturated rings. The summed E-state index contributed by atoms with van der Waals surface area (Å²) in [6, 6.07) is 3.28. The monoisotopic (exact) mass is 409 g/mol. The molecule has 0 radical (unpaired) electrons. The van der Waals surface area contributed by atoms with Gasteiger partial charge in [0.05, 0.1) is 30.9 Å². The molecule has 1 aromatic rings. The molecule has 0 N–H and O–H groups in total. The van der Waals surface area contributed by atoms with Crippen LogP contribution in [0.15, 0.2) is 27.7 Å². The molecule has 0 saturated heterocycles. The predicted molar refractivity (Wildman–Crippen MR) is 84.1 cm³/mol. The first-order chi connectivity index (χ1) is 11.2. The highest BCUT2D eigenvalue weighted by Crippen LogP contribution is 2.38. The van der Waals surface area contributed by atoms with E-state index in [0.29, 0.717) is 0 Å². The zero-order valence-corrected chi connectivity index (χ0v) is 14.5. The molecule has 0 atom stereocenters. The summed E-state index contributed by atoms with van der Waals surface area (Å²) in [4.78, 5) is 27.1. The Labute approximate surface area is 145 Å². The number of benzene rings is 1. The molecule has 0 saturated carbocycles. The fraction of sp³-hybridized carbons (Fsp3) is 0.400. The predicted octanol–water partition coefficient (Wildman–Crippen LogP) is 4.06. The van der Waals surface area contributed by atoms with Crippen molar-refractivity contribution in [3.05, 3.63) is 28.2 Å². The van der Waals surface area contributed by atoms with Crippen LogP contribution in [-0.2, 0) is 25.2 Å². The normalized spacial score (nSPS) is 12.0. The number of rotatable bonds is 6. The Bertz CT molecular complexity index is 644. The van der Waals surface area contributed by atoms with E-state index in [1.165, 1.54) is 13.0 Å². The molecule has 0 aliphatic heterocycles. The number of nitrogens with zero attached hydrogens (tertiary/aromatic N) is 1. The molecule has 0 heterocycles. The van der Waals surface area contributed by atoms with Gasteiger partial charge in [0.1, 0.15) is 5.71 Å². The van der Waals surface area contributed by atoms with E-state index in [1.54, 1.807) is 6.92 Å². The van der Waals surface area contributed by atoms with E-state index in [9.17, 15) is 22.8 Å². The van der Waals surface area contributed by atoms with E-state index in [1.807, 2.05) is 0 Å². The van der Waals surface area contributed by atoms with E-state index in [2.05, 4.69) is 20.9 Å². The lowest BCUT2D eigenvalue weighted by Crippen LogP contribution is -2.22. The molecule has 5 nitrogen and oxygen atoms in total. The lowest BCUT2D eigenvalue weighted by Gasteiger charge is -2.12. The number of esters is 2. The van der Waals surface area contributed by atoms with Crippen LogP contribution in [0.25, 0.3) is 0 Å². The van der Waals surface area contributed by atoms with Gasteiger partial charge in [-0.25, -0.2) is 9.79 Å². The topological polar surface area (TPSA) is 65.0 Å². The number of alkyl halides is 3. The Kier molecular flexibility index (Phi) is 7.40. The lowest BCUT2D eigenvalue weighted by molar-refractivity contribution is -0.143. The number of hydrogen-bond donors (Lipinski definition) is 0. The van der Waals surface area contributed by atoms with Crippen LogP contribution in [0.1, 0.15) is 25.8 Å². The number of halogens is 4. The number of carbonyl (C=O) groups is 2. The second-order valence-electron chi connectivity index (χ2n) is 4.42. The van der Waals surface area contributed by atoms with Crippen molar-refractivity contribution in [1.29, 1.82) is 0 Å². The molecule has 0 aromatic heterocycles. The zero-order chi connectivity index (χ0) is 18.3. The van der Waals surface area contributed by atoms with Gasteiger partial charge in [0.2, 0.25) is 0 Å². The highest BCUT2D eigenvalue weighted by atomic mass is 79.9. The molecule has 0 aliphatic rings. The van der Waals surface area contributed by atoms with Crippen molar-refractivity contribution in [2.24, 2.45) is 4.99 Å². The maximum atomic E-state index is 13.1. The average molecular weight is 410 g/mol. The minimum Gasteiger partial charge on any atom is -0.466 e. The van der Waals surface area contributed by atoms with E-state index >= 15 is 0 Å². The van der Waals surface area contributed by atoms with Gasteiger partial charge in [0, 0.05) is 4.47 Å². The van der Waals surface area contributed by atoms with Crippen LogP contribution in [0, 0.1) is 0 Å². The van der Waals surface area contributed by atoms with E-state index in [4.69, 9.17) is 9.47 Å². The summed E-state index contributed by atoms with van der Waals surface area (Å²) in [5.41, 5.74) is -1.98. The summed E-state index contributed by atoms with van der Waals surface area (Å²) >= 11 is 2.96. The van der Waals surface area contributed by atoms with Gasteiger partial charge in [-0.1, -0.05) is 15.9 Å². The van der Waals surface area contributed by atoms with Crippen LogP contribution in [0.4, 0.5) is 18.9 Å². The summed E-state index contributed by atoms with van der Waals surface area (Å²) in [5.74, 6) is -1.75. The number of ether oxygens (including phenoxy) is 2. The van der Waals surface area contributed by atoms with Crippen LogP contribution >= 0.6 is 15.9 Å². The third-order valence-corrected chi connectivity index (χ3v) is 3.14. The molecule has 9 heteroatoms. The van der Waals surface area contributed by atoms with E-state index in [0.717, 1.165) is 12.1 Å². The second-order valence-corrected chi connectivity index (χ2v) is 5.34. The smallest absolute Gasteiger partial charge is 0.418 e. The van der Waals surface area contributed by atoms with Gasteiger partial charge in [0.25, 0.3) is 0 Å². The molecule has 1 aromatic carbocycles. The first kappa shape index (κ1) is 20.1. The summed E-state index contributed by atoms with van der Waals surface area (Å²) < 4.78 is 49.0. The second kappa shape index (κ2) is 8.81. The van der Waals surface area contributed by atoms with E-state index in [-0.39, 0.29) is 17.7 Å². The van der Waals surface area contributed by atoms with Crippen LogP contribution in [0.2, 0.25) is 0 Å². The molecular weight excluding hydrogens is 395 g/mol. The highest BCUT2D eigenvalue weighted by molar-refractivity contribution is 9.10. The third-order valence-electron chi connectivity index (χ3n) is 2.65. The summed E-state index contributed by atoms with van der Waals surface area (Å²) in [5, 5.41) is 0. The van der Waals surface area contributed by atoms with Crippen LogP contribution < -0.4 is 0 Å². The first-order valence-corrected chi connectivity index (χ1v) is 7.75. The Morgan fingerprint density at radius 1 is 1.17 bits per heavy atom. The molecular formula is C15H15BrF3NO4. The Hall–Kier alpha value is -1.90. The van der Waals surface area contributed by atoms with Crippen molar-refractivity contribution in [2.45, 2.75) is 26.4 Å². The third kappa shape index (κ3) is 5.95. The number of aliphatic imine (C=N–C) groups is 1. The van der Waals surface area contributed by atoms with Crippen LogP contribution in [-0.4, -0.2) is 30.9 Å². The fourth-order valence-corrected chi connectivity index (χ4v) is 2.06. The van der Waals surface area contributed by atoms with Crippen LogP contribution in [0.5, 0.6) is 0 Å². The minimum atomic E-state index is -4.67. The minimum absolute atomic E-state index is 0.00680.